The normalized spacial score (nSPS) is 15.3. The zero-order chi connectivity index (χ0) is 24.5. The third-order valence-corrected chi connectivity index (χ3v) is 6.03. The molecule has 10 heteroatoms. The number of carbonyl (C=O) groups is 2. The topological polar surface area (TPSA) is 119 Å². The van der Waals surface area contributed by atoms with E-state index in [4.69, 9.17) is 10.7 Å². The Kier molecular flexibility index (Phi) is 5.69. The summed E-state index contributed by atoms with van der Waals surface area (Å²) in [5.41, 5.74) is 7.33. The number of nitrogen functional groups attached to an aromatic ring is 1. The lowest BCUT2D eigenvalue weighted by Gasteiger charge is -2.22. The van der Waals surface area contributed by atoms with E-state index in [9.17, 15) is 9.59 Å². The average Bonchev–Trinajstić information content (AvgIpc) is 3.51. The summed E-state index contributed by atoms with van der Waals surface area (Å²) in [7, 11) is 0. The summed E-state index contributed by atoms with van der Waals surface area (Å²) in [6.45, 7) is 4.16. The molecule has 4 heterocycles. The van der Waals surface area contributed by atoms with Gasteiger partial charge < -0.3 is 16.0 Å². The molecule has 2 amide bonds. The zero-order valence-corrected chi connectivity index (χ0v) is 18.7. The van der Waals surface area contributed by atoms with Crippen molar-refractivity contribution in [2.45, 2.75) is 18.9 Å². The number of hydrogen-bond acceptors (Lipinski definition) is 6. The second-order valence-corrected chi connectivity index (χ2v) is 8.08. The summed E-state index contributed by atoms with van der Waals surface area (Å²) in [6, 6.07) is 9.59. The van der Waals surface area contributed by atoms with Crippen molar-refractivity contribution >= 4 is 29.0 Å². The third-order valence-electron chi connectivity index (χ3n) is 6.03. The molecule has 1 aliphatic rings. The molecule has 0 spiro atoms. The van der Waals surface area contributed by atoms with Crippen LogP contribution in [0.3, 0.4) is 0 Å². The van der Waals surface area contributed by atoms with Gasteiger partial charge in [-0.05, 0) is 37.1 Å². The van der Waals surface area contributed by atoms with Crippen molar-refractivity contribution in [1.82, 2.24) is 24.3 Å². The number of aromatic nitrogens is 4. The Balaban J connectivity index is 1.60. The van der Waals surface area contributed by atoms with Gasteiger partial charge in [0, 0.05) is 36.3 Å². The van der Waals surface area contributed by atoms with Crippen LogP contribution in [0.4, 0.5) is 16.0 Å². The van der Waals surface area contributed by atoms with E-state index in [1.165, 1.54) is 24.5 Å². The molecule has 0 radical (unpaired) electrons. The lowest BCUT2D eigenvalue weighted by molar-refractivity contribution is -0.127. The fourth-order valence-corrected chi connectivity index (χ4v) is 4.41. The van der Waals surface area contributed by atoms with Crippen LogP contribution in [0.15, 0.2) is 67.6 Å². The number of likely N-dealkylation sites (tertiary alicyclic amines) is 1. The first kappa shape index (κ1) is 22.2. The smallest absolute Gasteiger partial charge is 0.256 e. The van der Waals surface area contributed by atoms with Crippen LogP contribution >= 0.6 is 0 Å². The van der Waals surface area contributed by atoms with Crippen LogP contribution in [-0.2, 0) is 4.79 Å². The van der Waals surface area contributed by atoms with Gasteiger partial charge in [-0.15, -0.1) is 0 Å². The fraction of sp³-hybridized carbons (Fsp3) is 0.160. The highest BCUT2D eigenvalue weighted by molar-refractivity contribution is 6.04. The molecule has 1 aliphatic heterocycles. The predicted octanol–water partition coefficient (Wildman–Crippen LogP) is 3.61. The number of imidazole rings is 1. The van der Waals surface area contributed by atoms with E-state index < -0.39 is 11.7 Å². The molecular formula is C25H22FN7O2. The molecule has 3 N–H and O–H groups in total. The Morgan fingerprint density at radius 2 is 1.97 bits per heavy atom. The van der Waals surface area contributed by atoms with E-state index in [0.29, 0.717) is 29.9 Å². The minimum atomic E-state index is -0.753. The molecule has 9 nitrogen and oxygen atoms in total. The van der Waals surface area contributed by atoms with Gasteiger partial charge in [-0.2, -0.15) is 0 Å². The van der Waals surface area contributed by atoms with Crippen LogP contribution in [0.5, 0.6) is 0 Å². The molecule has 35 heavy (non-hydrogen) atoms. The Bertz CT molecular complexity index is 1450. The molecule has 176 valence electrons. The molecule has 0 saturated carbocycles. The maximum atomic E-state index is 15.7. The molecule has 1 aromatic carbocycles. The van der Waals surface area contributed by atoms with Crippen molar-refractivity contribution in [2.24, 2.45) is 0 Å². The molecule has 1 atom stereocenters. The average molecular weight is 471 g/mol. The number of nitrogens with two attached hydrogens (primary N) is 1. The number of nitrogens with one attached hydrogen (secondary N) is 1. The van der Waals surface area contributed by atoms with Crippen molar-refractivity contribution in [1.29, 1.82) is 0 Å². The molecule has 0 unspecified atom stereocenters. The van der Waals surface area contributed by atoms with Crippen LogP contribution in [0.25, 0.3) is 16.8 Å². The lowest BCUT2D eigenvalue weighted by atomic mass is 10.1. The summed E-state index contributed by atoms with van der Waals surface area (Å²) < 4.78 is 17.4. The minimum absolute atomic E-state index is 0.103. The third kappa shape index (κ3) is 3.88. The van der Waals surface area contributed by atoms with Crippen LogP contribution in [0.2, 0.25) is 0 Å². The quantitative estimate of drug-likeness (QED) is 0.429. The molecule has 0 bridgehead atoms. The summed E-state index contributed by atoms with van der Waals surface area (Å²) in [6.07, 6.45) is 7.37. The molecule has 1 fully saturated rings. The van der Waals surface area contributed by atoms with Gasteiger partial charge in [0.1, 0.15) is 22.9 Å². The number of rotatable bonds is 5. The predicted molar refractivity (Wildman–Crippen MR) is 129 cm³/mol. The number of pyridine rings is 1. The summed E-state index contributed by atoms with van der Waals surface area (Å²) in [5.74, 6) is -0.971. The zero-order valence-electron chi connectivity index (χ0n) is 18.7. The number of halogens is 1. The minimum Gasteiger partial charge on any atom is -0.382 e. The Labute approximate surface area is 200 Å². The number of amides is 2. The second-order valence-electron chi connectivity index (χ2n) is 8.08. The van der Waals surface area contributed by atoms with Gasteiger partial charge in [0.2, 0.25) is 5.91 Å². The van der Waals surface area contributed by atoms with Gasteiger partial charge in [0.25, 0.3) is 5.91 Å². The van der Waals surface area contributed by atoms with Crippen LogP contribution in [-0.4, -0.2) is 42.6 Å². The van der Waals surface area contributed by atoms with Crippen LogP contribution in [0, 0.1) is 5.82 Å². The second kappa shape index (κ2) is 8.98. The van der Waals surface area contributed by atoms with E-state index in [0.717, 1.165) is 6.42 Å². The number of nitrogens with zero attached hydrogens (tertiary/aromatic N) is 5. The van der Waals surface area contributed by atoms with Crippen molar-refractivity contribution < 1.29 is 14.0 Å². The largest absolute Gasteiger partial charge is 0.382 e. The van der Waals surface area contributed by atoms with Crippen molar-refractivity contribution in [3.8, 4) is 11.3 Å². The lowest BCUT2D eigenvalue weighted by Crippen LogP contribution is -2.29. The highest BCUT2D eigenvalue weighted by atomic mass is 19.1. The van der Waals surface area contributed by atoms with Gasteiger partial charge in [0.15, 0.2) is 11.6 Å². The fourth-order valence-electron chi connectivity index (χ4n) is 4.41. The number of hydrogen-bond donors (Lipinski definition) is 2. The molecule has 0 aliphatic carbocycles. The van der Waals surface area contributed by atoms with E-state index in [1.54, 1.807) is 45.8 Å². The summed E-state index contributed by atoms with van der Waals surface area (Å²) in [4.78, 5) is 39.6. The monoisotopic (exact) mass is 471 g/mol. The van der Waals surface area contributed by atoms with Gasteiger partial charge in [-0.1, -0.05) is 24.8 Å². The highest BCUT2D eigenvalue weighted by Gasteiger charge is 2.33. The number of fused-ring (bicyclic) bond motifs is 1. The van der Waals surface area contributed by atoms with E-state index >= 15 is 4.39 Å². The van der Waals surface area contributed by atoms with Gasteiger partial charge in [-0.25, -0.2) is 19.3 Å². The van der Waals surface area contributed by atoms with Gasteiger partial charge in [0.05, 0.1) is 6.04 Å². The number of carbonyl (C=O) groups excluding carboxylic acids is 2. The summed E-state index contributed by atoms with van der Waals surface area (Å²) >= 11 is 0. The highest BCUT2D eigenvalue weighted by Crippen LogP contribution is 2.37. The van der Waals surface area contributed by atoms with Crippen molar-refractivity contribution in [2.75, 3.05) is 17.6 Å². The Morgan fingerprint density at radius 1 is 1.17 bits per heavy atom. The van der Waals surface area contributed by atoms with Crippen LogP contribution in [0.1, 0.15) is 35.1 Å². The summed E-state index contributed by atoms with van der Waals surface area (Å²) in [5, 5.41) is 2.52. The van der Waals surface area contributed by atoms with Crippen LogP contribution < -0.4 is 11.1 Å². The maximum Gasteiger partial charge on any atom is 0.256 e. The number of anilines is 2. The molecular weight excluding hydrogens is 449 g/mol. The van der Waals surface area contributed by atoms with E-state index in [1.807, 2.05) is 0 Å². The molecule has 3 aromatic heterocycles. The molecule has 5 rings (SSSR count). The number of benzene rings is 1. The first-order valence-electron chi connectivity index (χ1n) is 11.1. The van der Waals surface area contributed by atoms with Gasteiger partial charge >= 0.3 is 0 Å². The molecule has 1 saturated heterocycles. The maximum absolute atomic E-state index is 15.7. The SMILES string of the molecule is C=CC(=O)N1CCC[C@H]1c1nc(-c2ccnc(NC(=O)c3ccccc3)c2F)c2c(N)nccn12. The van der Waals surface area contributed by atoms with E-state index in [-0.39, 0.29) is 34.8 Å². The van der Waals surface area contributed by atoms with Crippen molar-refractivity contribution in [3.05, 3.63) is 84.8 Å². The first-order valence-corrected chi connectivity index (χ1v) is 11.1. The van der Waals surface area contributed by atoms with Gasteiger partial charge in [-0.3, -0.25) is 14.0 Å². The standard InChI is InChI=1S/C25H22FN7O2/c1-2-18(34)32-13-6-9-17(32)24-30-20(21-22(27)28-12-14-33(21)24)16-10-11-29-23(19(16)26)31-25(35)15-7-4-3-5-8-15/h2-5,7-8,10-12,14,17H,1,6,9,13H2,(H2,27,28)(H,29,31,35)/t17-/m0/s1. The van der Waals surface area contributed by atoms with Crippen molar-refractivity contribution in [3.63, 3.8) is 0 Å². The Hall–Kier alpha value is -4.60. The molecule has 4 aromatic rings. The van der Waals surface area contributed by atoms with E-state index in [2.05, 4.69) is 21.9 Å². The first-order chi connectivity index (χ1) is 17.0. The Morgan fingerprint density at radius 3 is 2.74 bits per heavy atom.